The quantitative estimate of drug-likeness (QED) is 0.507. The Morgan fingerprint density at radius 1 is 0.839 bits per heavy atom. The number of carbonyl (C=O) groups is 1. The molecule has 0 saturated carbocycles. The highest BCUT2D eigenvalue weighted by Crippen LogP contribution is 2.19. The third-order valence-corrected chi connectivity index (χ3v) is 5.22. The van der Waals surface area contributed by atoms with Crippen molar-refractivity contribution in [2.75, 3.05) is 31.1 Å². The predicted octanol–water partition coefficient (Wildman–Crippen LogP) is 2.08. The molecular formula is C22H20N8O. The zero-order valence-electron chi connectivity index (χ0n) is 16.7. The lowest BCUT2D eigenvalue weighted by atomic mass is 10.2. The average molecular weight is 412 g/mol. The average Bonchev–Trinajstić information content (AvgIpc) is 3.35. The van der Waals surface area contributed by atoms with E-state index >= 15 is 0 Å². The molecule has 5 rings (SSSR count). The number of piperazine rings is 1. The van der Waals surface area contributed by atoms with E-state index in [1.54, 1.807) is 17.3 Å². The molecule has 0 N–H and O–H groups in total. The van der Waals surface area contributed by atoms with Crippen molar-refractivity contribution in [2.24, 2.45) is 0 Å². The highest BCUT2D eigenvalue weighted by Gasteiger charge is 2.25. The van der Waals surface area contributed by atoms with Gasteiger partial charge in [0.15, 0.2) is 11.5 Å². The molecule has 1 saturated heterocycles. The van der Waals surface area contributed by atoms with Gasteiger partial charge in [-0.3, -0.25) is 9.78 Å². The van der Waals surface area contributed by atoms with Gasteiger partial charge >= 0.3 is 0 Å². The molecule has 0 atom stereocenters. The Morgan fingerprint density at radius 2 is 1.61 bits per heavy atom. The smallest absolute Gasteiger partial charge is 0.276 e. The van der Waals surface area contributed by atoms with Crippen LogP contribution in [-0.4, -0.2) is 67.2 Å². The van der Waals surface area contributed by atoms with Crippen molar-refractivity contribution in [3.05, 3.63) is 78.9 Å². The number of carbonyl (C=O) groups excluding carboxylic acids is 1. The highest BCUT2D eigenvalue weighted by atomic mass is 16.2. The molecule has 1 amide bonds. The minimum atomic E-state index is -0.110. The molecule has 154 valence electrons. The number of aromatic nitrogens is 6. The van der Waals surface area contributed by atoms with Crippen LogP contribution in [0.5, 0.6) is 0 Å². The molecule has 0 aliphatic carbocycles. The first-order valence-corrected chi connectivity index (χ1v) is 10.0. The van der Waals surface area contributed by atoms with Gasteiger partial charge in [-0.15, -0.1) is 15.3 Å². The molecular weight excluding hydrogens is 392 g/mol. The summed E-state index contributed by atoms with van der Waals surface area (Å²) in [5.74, 6) is 0.695. The molecule has 0 radical (unpaired) electrons. The summed E-state index contributed by atoms with van der Waals surface area (Å²) in [6.07, 6.45) is 4.99. The summed E-state index contributed by atoms with van der Waals surface area (Å²) in [6.45, 7) is 2.54. The van der Waals surface area contributed by atoms with Gasteiger partial charge in [0, 0.05) is 44.1 Å². The molecule has 1 aliphatic rings. The van der Waals surface area contributed by atoms with E-state index in [0.29, 0.717) is 31.9 Å². The molecule has 9 heteroatoms. The van der Waals surface area contributed by atoms with Crippen LogP contribution < -0.4 is 4.90 Å². The third kappa shape index (κ3) is 3.97. The number of benzene rings is 1. The molecule has 0 spiro atoms. The Hall–Kier alpha value is -4.14. The second-order valence-electron chi connectivity index (χ2n) is 7.15. The van der Waals surface area contributed by atoms with Crippen molar-refractivity contribution >= 4 is 11.7 Å². The number of anilines is 1. The van der Waals surface area contributed by atoms with Crippen molar-refractivity contribution < 1.29 is 4.79 Å². The van der Waals surface area contributed by atoms with Gasteiger partial charge in [-0.1, -0.05) is 18.2 Å². The summed E-state index contributed by atoms with van der Waals surface area (Å²) < 4.78 is 0. The molecule has 3 aromatic heterocycles. The summed E-state index contributed by atoms with van der Waals surface area (Å²) in [5.41, 5.74) is 2.95. The fourth-order valence-electron chi connectivity index (χ4n) is 3.52. The summed E-state index contributed by atoms with van der Waals surface area (Å²) in [5, 5.41) is 17.3. The first kappa shape index (κ1) is 18.9. The van der Waals surface area contributed by atoms with Crippen molar-refractivity contribution in [3.8, 4) is 16.9 Å². The Kier molecular flexibility index (Phi) is 5.05. The molecule has 31 heavy (non-hydrogen) atoms. The molecule has 0 bridgehead atoms. The highest BCUT2D eigenvalue weighted by molar-refractivity contribution is 5.92. The van der Waals surface area contributed by atoms with E-state index < -0.39 is 0 Å². The van der Waals surface area contributed by atoms with Crippen LogP contribution in [-0.2, 0) is 0 Å². The number of hydrogen-bond acceptors (Lipinski definition) is 7. The van der Waals surface area contributed by atoms with Crippen molar-refractivity contribution in [1.82, 2.24) is 35.1 Å². The largest absolute Gasteiger partial charge is 0.352 e. The van der Waals surface area contributed by atoms with E-state index in [9.17, 15) is 4.79 Å². The fraction of sp³-hybridized carbons (Fsp3) is 0.182. The zero-order valence-corrected chi connectivity index (χ0v) is 16.7. The van der Waals surface area contributed by atoms with Crippen molar-refractivity contribution in [3.63, 3.8) is 0 Å². The molecule has 4 aromatic rings. The fourth-order valence-corrected chi connectivity index (χ4v) is 3.52. The maximum Gasteiger partial charge on any atom is 0.276 e. The minimum Gasteiger partial charge on any atom is -0.352 e. The van der Waals surface area contributed by atoms with Crippen LogP contribution in [0, 0.1) is 0 Å². The Morgan fingerprint density at radius 3 is 2.32 bits per heavy atom. The molecule has 4 heterocycles. The van der Waals surface area contributed by atoms with E-state index in [4.69, 9.17) is 0 Å². The summed E-state index contributed by atoms with van der Waals surface area (Å²) in [6, 6.07) is 17.3. The van der Waals surface area contributed by atoms with Gasteiger partial charge in [-0.05, 0) is 36.4 Å². The lowest BCUT2D eigenvalue weighted by Crippen LogP contribution is -2.49. The monoisotopic (exact) mass is 412 g/mol. The van der Waals surface area contributed by atoms with Crippen LogP contribution in [0.4, 0.5) is 5.82 Å². The van der Waals surface area contributed by atoms with Gasteiger partial charge in [0.2, 0.25) is 0 Å². The maximum atomic E-state index is 12.8. The molecule has 9 nitrogen and oxygen atoms in total. The number of para-hydroxylation sites is 1. The first-order chi connectivity index (χ1) is 15.3. The van der Waals surface area contributed by atoms with Crippen LogP contribution >= 0.6 is 0 Å². The summed E-state index contributed by atoms with van der Waals surface area (Å²) >= 11 is 0. The zero-order chi connectivity index (χ0) is 21.0. The number of nitrogens with zero attached hydrogens (tertiary/aromatic N) is 8. The van der Waals surface area contributed by atoms with Crippen LogP contribution in [0.2, 0.25) is 0 Å². The van der Waals surface area contributed by atoms with Gasteiger partial charge in [0.1, 0.15) is 0 Å². The summed E-state index contributed by atoms with van der Waals surface area (Å²) in [7, 11) is 0. The van der Waals surface area contributed by atoms with Gasteiger partial charge in [-0.2, -0.15) is 9.90 Å². The number of amides is 1. The van der Waals surface area contributed by atoms with E-state index in [0.717, 1.165) is 22.8 Å². The number of pyridine rings is 1. The Labute approximate surface area is 179 Å². The van der Waals surface area contributed by atoms with Crippen molar-refractivity contribution in [1.29, 1.82) is 0 Å². The SMILES string of the molecule is O=C(c1cnn(-c2ccccc2)n1)N1CCN(c2ccc(-c3ccncc3)nn2)CC1. The molecule has 1 aliphatic heterocycles. The normalized spacial score (nSPS) is 13.9. The van der Waals surface area contributed by atoms with Crippen LogP contribution in [0.15, 0.2) is 73.2 Å². The molecule has 1 aromatic carbocycles. The van der Waals surface area contributed by atoms with Gasteiger partial charge in [0.05, 0.1) is 17.6 Å². The van der Waals surface area contributed by atoms with Gasteiger partial charge in [0.25, 0.3) is 5.91 Å². The lowest BCUT2D eigenvalue weighted by molar-refractivity contribution is 0.0740. The van der Waals surface area contributed by atoms with Crippen LogP contribution in [0.1, 0.15) is 10.5 Å². The predicted molar refractivity (Wildman–Crippen MR) is 115 cm³/mol. The summed E-state index contributed by atoms with van der Waals surface area (Å²) in [4.78, 5) is 22.3. The third-order valence-electron chi connectivity index (χ3n) is 5.22. The van der Waals surface area contributed by atoms with Crippen molar-refractivity contribution in [2.45, 2.75) is 0 Å². The van der Waals surface area contributed by atoms with E-state index in [1.807, 2.05) is 54.6 Å². The maximum absolute atomic E-state index is 12.8. The Balaban J connectivity index is 1.21. The van der Waals surface area contributed by atoms with E-state index in [1.165, 1.54) is 11.0 Å². The molecule has 0 unspecified atom stereocenters. The second-order valence-corrected chi connectivity index (χ2v) is 7.15. The standard InChI is InChI=1S/C22H20N8O/c31-22(20-16-24-30(27-20)18-4-2-1-3-5-18)29-14-12-28(13-15-29)21-7-6-19(25-26-21)17-8-10-23-11-9-17/h1-11,16H,12-15H2. The Bertz CT molecular complexity index is 1150. The second kappa shape index (κ2) is 8.31. The number of rotatable bonds is 4. The van der Waals surface area contributed by atoms with Gasteiger partial charge in [-0.25, -0.2) is 0 Å². The van der Waals surface area contributed by atoms with Crippen LogP contribution in [0.25, 0.3) is 16.9 Å². The molecule has 1 fully saturated rings. The first-order valence-electron chi connectivity index (χ1n) is 10.0. The lowest BCUT2D eigenvalue weighted by Gasteiger charge is -2.34. The van der Waals surface area contributed by atoms with E-state index in [2.05, 4.69) is 30.3 Å². The minimum absolute atomic E-state index is 0.110. The number of hydrogen-bond donors (Lipinski definition) is 0. The van der Waals surface area contributed by atoms with Crippen LogP contribution in [0.3, 0.4) is 0 Å². The van der Waals surface area contributed by atoms with E-state index in [-0.39, 0.29) is 5.91 Å². The topological polar surface area (TPSA) is 92.9 Å². The van der Waals surface area contributed by atoms with Gasteiger partial charge < -0.3 is 9.80 Å².